The number of anilines is 2. The molecule has 1 saturated heterocycles. The molecular weight excluding hydrogens is 450 g/mol. The molecule has 0 aliphatic carbocycles. The van der Waals surface area contributed by atoms with Crippen LogP contribution in [0.2, 0.25) is 0 Å². The lowest BCUT2D eigenvalue weighted by Gasteiger charge is -2.38. The Labute approximate surface area is 205 Å². The number of carbonyl (C=O) groups is 1. The summed E-state index contributed by atoms with van der Waals surface area (Å²) in [6, 6.07) is 16.4. The number of thiocarbonyl (C=S) groups is 1. The summed E-state index contributed by atoms with van der Waals surface area (Å²) in [6.45, 7) is 9.80. The van der Waals surface area contributed by atoms with Crippen molar-refractivity contribution in [3.05, 3.63) is 70.1 Å². The fraction of sp³-hybridized carbons (Fsp3) is 0.308. The molecule has 0 saturated carbocycles. The Balaban J connectivity index is 1.51. The second-order valence-electron chi connectivity index (χ2n) is 8.22. The molecule has 7 heteroatoms. The van der Waals surface area contributed by atoms with E-state index < -0.39 is 0 Å². The molecule has 5 nitrogen and oxygen atoms in total. The number of hydrogen-bond acceptors (Lipinski definition) is 5. The fourth-order valence-electron chi connectivity index (χ4n) is 4.29. The number of hydrogen-bond donors (Lipinski definition) is 1. The highest BCUT2D eigenvalue weighted by Crippen LogP contribution is 2.40. The van der Waals surface area contributed by atoms with Crippen molar-refractivity contribution in [2.75, 3.05) is 43.5 Å². The molecule has 1 fully saturated rings. The first-order chi connectivity index (χ1) is 15.9. The number of benzene rings is 2. The number of esters is 1. The average Bonchev–Trinajstić information content (AvgIpc) is 3.16. The number of methoxy groups -OCH3 is 1. The zero-order chi connectivity index (χ0) is 23.5. The van der Waals surface area contributed by atoms with E-state index in [-0.39, 0.29) is 5.97 Å². The van der Waals surface area contributed by atoms with Gasteiger partial charge in [0, 0.05) is 42.3 Å². The summed E-state index contributed by atoms with van der Waals surface area (Å²) in [4.78, 5) is 18.4. The standard InChI is InChI=1S/C26H29N3O2S2/c1-17-9-8-12-21(18(17)2)28-13-15-29(16-14-28)26(32)27-24-23(25(30)31-4)22(19(3)33-24)20-10-6-5-7-11-20/h5-12H,13-16H2,1-4H3,(H,27,32). The van der Waals surface area contributed by atoms with Crippen LogP contribution in [0.15, 0.2) is 48.5 Å². The molecule has 33 heavy (non-hydrogen) atoms. The SMILES string of the molecule is COC(=O)c1c(NC(=S)N2CCN(c3cccc(C)c3C)CC2)sc(C)c1-c1ccccc1. The van der Waals surface area contributed by atoms with Crippen LogP contribution in [0.4, 0.5) is 10.7 Å². The quantitative estimate of drug-likeness (QED) is 0.386. The number of carbonyl (C=O) groups excluding carboxylic acids is 1. The van der Waals surface area contributed by atoms with Gasteiger partial charge in [0.2, 0.25) is 0 Å². The van der Waals surface area contributed by atoms with E-state index in [0.29, 0.717) is 10.7 Å². The molecule has 1 aliphatic rings. The summed E-state index contributed by atoms with van der Waals surface area (Å²) in [5, 5.41) is 4.73. The second-order valence-corrected chi connectivity index (χ2v) is 9.83. The fourth-order valence-corrected chi connectivity index (χ4v) is 5.70. The zero-order valence-corrected chi connectivity index (χ0v) is 21.1. The molecule has 0 amide bonds. The van der Waals surface area contributed by atoms with E-state index in [1.165, 1.54) is 35.3 Å². The summed E-state index contributed by atoms with van der Waals surface area (Å²) < 4.78 is 5.13. The molecule has 1 N–H and O–H groups in total. The van der Waals surface area contributed by atoms with Gasteiger partial charge >= 0.3 is 5.97 Å². The Kier molecular flexibility index (Phi) is 7.00. The zero-order valence-electron chi connectivity index (χ0n) is 19.5. The Morgan fingerprint density at radius 1 is 1.00 bits per heavy atom. The lowest BCUT2D eigenvalue weighted by molar-refractivity contribution is 0.0603. The van der Waals surface area contributed by atoms with Crippen molar-refractivity contribution in [1.82, 2.24) is 4.90 Å². The minimum absolute atomic E-state index is 0.358. The van der Waals surface area contributed by atoms with Gasteiger partial charge in [-0.05, 0) is 55.7 Å². The molecule has 2 aromatic carbocycles. The summed E-state index contributed by atoms with van der Waals surface area (Å²) in [5.41, 5.74) is 6.37. The lowest BCUT2D eigenvalue weighted by atomic mass is 10.0. The third-order valence-electron chi connectivity index (χ3n) is 6.24. The Hall–Kier alpha value is -2.90. The molecule has 0 bridgehead atoms. The van der Waals surface area contributed by atoms with E-state index in [1.807, 2.05) is 37.3 Å². The van der Waals surface area contributed by atoms with Crippen molar-refractivity contribution in [3.63, 3.8) is 0 Å². The normalized spacial score (nSPS) is 13.7. The van der Waals surface area contributed by atoms with E-state index in [2.05, 4.69) is 47.2 Å². The van der Waals surface area contributed by atoms with Crippen molar-refractivity contribution in [2.24, 2.45) is 0 Å². The van der Waals surface area contributed by atoms with E-state index in [0.717, 1.165) is 47.2 Å². The number of thiophene rings is 1. The predicted molar refractivity (Wildman–Crippen MR) is 142 cm³/mol. The van der Waals surface area contributed by atoms with E-state index >= 15 is 0 Å². The highest BCUT2D eigenvalue weighted by molar-refractivity contribution is 7.80. The second kappa shape index (κ2) is 9.93. The van der Waals surface area contributed by atoms with Crippen LogP contribution in [0.5, 0.6) is 0 Å². The van der Waals surface area contributed by atoms with Crippen LogP contribution in [-0.2, 0) is 4.74 Å². The molecule has 3 aromatic rings. The Morgan fingerprint density at radius 3 is 2.36 bits per heavy atom. The summed E-state index contributed by atoms with van der Waals surface area (Å²) >= 11 is 7.30. The molecule has 0 unspecified atom stereocenters. The van der Waals surface area contributed by atoms with Gasteiger partial charge in [0.25, 0.3) is 0 Å². The maximum absolute atomic E-state index is 12.7. The average molecular weight is 480 g/mol. The van der Waals surface area contributed by atoms with Gasteiger partial charge in [0.1, 0.15) is 10.6 Å². The molecule has 0 spiro atoms. The lowest BCUT2D eigenvalue weighted by Crippen LogP contribution is -2.50. The van der Waals surface area contributed by atoms with Gasteiger partial charge in [-0.2, -0.15) is 0 Å². The first kappa shape index (κ1) is 23.3. The molecule has 1 aliphatic heterocycles. The summed E-state index contributed by atoms with van der Waals surface area (Å²) in [7, 11) is 1.42. The van der Waals surface area contributed by atoms with Crippen LogP contribution in [0, 0.1) is 20.8 Å². The number of ether oxygens (including phenoxy) is 1. The third-order valence-corrected chi connectivity index (χ3v) is 7.62. The van der Waals surface area contributed by atoms with Crippen LogP contribution in [0.3, 0.4) is 0 Å². The van der Waals surface area contributed by atoms with Crippen molar-refractivity contribution >= 4 is 45.3 Å². The highest BCUT2D eigenvalue weighted by atomic mass is 32.1. The number of aryl methyl sites for hydroxylation is 2. The van der Waals surface area contributed by atoms with E-state index in [4.69, 9.17) is 17.0 Å². The number of rotatable bonds is 4. The van der Waals surface area contributed by atoms with Crippen LogP contribution in [0.25, 0.3) is 11.1 Å². The molecule has 0 atom stereocenters. The molecule has 0 radical (unpaired) electrons. The highest BCUT2D eigenvalue weighted by Gasteiger charge is 2.26. The van der Waals surface area contributed by atoms with Crippen LogP contribution in [-0.4, -0.2) is 49.3 Å². The summed E-state index contributed by atoms with van der Waals surface area (Å²) in [5.74, 6) is -0.358. The number of piperazine rings is 1. The van der Waals surface area contributed by atoms with E-state index in [1.54, 1.807) is 0 Å². The maximum atomic E-state index is 12.7. The first-order valence-corrected chi connectivity index (χ1v) is 12.3. The number of nitrogens with zero attached hydrogens (tertiary/aromatic N) is 2. The molecule has 2 heterocycles. The van der Waals surface area contributed by atoms with Gasteiger partial charge in [-0.3, -0.25) is 0 Å². The monoisotopic (exact) mass is 479 g/mol. The first-order valence-electron chi connectivity index (χ1n) is 11.0. The number of nitrogens with one attached hydrogen (secondary N) is 1. The maximum Gasteiger partial charge on any atom is 0.341 e. The topological polar surface area (TPSA) is 44.8 Å². The molecule has 1 aromatic heterocycles. The van der Waals surface area contributed by atoms with Crippen molar-refractivity contribution in [3.8, 4) is 11.1 Å². The minimum atomic E-state index is -0.358. The van der Waals surface area contributed by atoms with Gasteiger partial charge < -0.3 is 19.9 Å². The van der Waals surface area contributed by atoms with Crippen LogP contribution < -0.4 is 10.2 Å². The minimum Gasteiger partial charge on any atom is -0.465 e. The van der Waals surface area contributed by atoms with Gasteiger partial charge in [-0.25, -0.2) is 4.79 Å². The third kappa shape index (κ3) is 4.75. The van der Waals surface area contributed by atoms with Crippen molar-refractivity contribution < 1.29 is 9.53 Å². The van der Waals surface area contributed by atoms with Crippen LogP contribution in [0.1, 0.15) is 26.4 Å². The van der Waals surface area contributed by atoms with E-state index in [9.17, 15) is 4.79 Å². The summed E-state index contributed by atoms with van der Waals surface area (Å²) in [6.07, 6.45) is 0. The molecular formula is C26H29N3O2S2. The van der Waals surface area contributed by atoms with Gasteiger partial charge in [0.05, 0.1) is 7.11 Å². The molecule has 4 rings (SSSR count). The van der Waals surface area contributed by atoms with Gasteiger partial charge in [-0.15, -0.1) is 11.3 Å². The van der Waals surface area contributed by atoms with Gasteiger partial charge in [0.15, 0.2) is 5.11 Å². The van der Waals surface area contributed by atoms with Gasteiger partial charge in [-0.1, -0.05) is 42.5 Å². The van der Waals surface area contributed by atoms with Crippen molar-refractivity contribution in [1.29, 1.82) is 0 Å². The predicted octanol–water partition coefficient (Wildman–Crippen LogP) is 5.65. The Morgan fingerprint density at radius 2 is 1.70 bits per heavy atom. The smallest absolute Gasteiger partial charge is 0.341 e. The van der Waals surface area contributed by atoms with Crippen molar-refractivity contribution in [2.45, 2.75) is 20.8 Å². The molecule has 172 valence electrons. The Bertz CT molecular complexity index is 1170. The largest absolute Gasteiger partial charge is 0.465 e. The van der Waals surface area contributed by atoms with Crippen LogP contribution >= 0.6 is 23.6 Å².